The minimum Gasteiger partial charge on any atom is -0.451 e. The summed E-state index contributed by atoms with van der Waals surface area (Å²) in [5.74, 6) is 0.877. The Balaban J connectivity index is 1.68. The number of hydrogen-bond acceptors (Lipinski definition) is 7. The minimum atomic E-state index is -0.417. The van der Waals surface area contributed by atoms with Crippen molar-refractivity contribution in [2.45, 2.75) is 6.54 Å². The highest BCUT2D eigenvalue weighted by atomic mass is 35.5. The summed E-state index contributed by atoms with van der Waals surface area (Å²) in [6.45, 7) is 0.151. The van der Waals surface area contributed by atoms with Gasteiger partial charge in [0.05, 0.1) is 30.8 Å². The molecule has 0 spiro atoms. The quantitative estimate of drug-likeness (QED) is 0.421. The van der Waals surface area contributed by atoms with Crippen molar-refractivity contribution in [3.05, 3.63) is 94.8 Å². The summed E-state index contributed by atoms with van der Waals surface area (Å²) in [5, 5.41) is 9.38. The van der Waals surface area contributed by atoms with Crippen molar-refractivity contribution in [2.75, 3.05) is 0 Å². The molecule has 0 atom stereocenters. The van der Waals surface area contributed by atoms with Crippen molar-refractivity contribution in [3.8, 4) is 22.6 Å². The van der Waals surface area contributed by atoms with Crippen LogP contribution in [0.5, 0.6) is 11.5 Å². The van der Waals surface area contributed by atoms with Gasteiger partial charge in [-0.15, -0.1) is 5.10 Å². The van der Waals surface area contributed by atoms with Crippen LogP contribution in [-0.4, -0.2) is 34.3 Å². The van der Waals surface area contributed by atoms with Crippen molar-refractivity contribution >= 4 is 17.2 Å². The molecular formula is C21H14ClN7O2. The fourth-order valence-electron chi connectivity index (χ4n) is 3.07. The third-order valence-electron chi connectivity index (χ3n) is 4.51. The van der Waals surface area contributed by atoms with Crippen LogP contribution >= 0.6 is 11.6 Å². The molecule has 0 amide bonds. The monoisotopic (exact) mass is 431 g/mol. The first-order chi connectivity index (χ1) is 15.2. The van der Waals surface area contributed by atoms with Crippen LogP contribution in [0.3, 0.4) is 0 Å². The van der Waals surface area contributed by atoms with Gasteiger partial charge in [0.25, 0.3) is 0 Å². The van der Waals surface area contributed by atoms with Crippen molar-refractivity contribution in [1.29, 1.82) is 0 Å². The maximum absolute atomic E-state index is 12.9. The molecule has 31 heavy (non-hydrogen) atoms. The number of hydrogen-bond donors (Lipinski definition) is 0. The summed E-state index contributed by atoms with van der Waals surface area (Å²) in [6, 6.07) is 10.8. The second-order valence-corrected chi connectivity index (χ2v) is 6.99. The Bertz CT molecular complexity index is 1400. The number of nitrogens with zero attached hydrogens (tertiary/aromatic N) is 7. The third kappa shape index (κ3) is 3.74. The molecule has 5 aromatic rings. The maximum atomic E-state index is 12.9. The van der Waals surface area contributed by atoms with E-state index in [0.29, 0.717) is 27.8 Å². The van der Waals surface area contributed by atoms with Crippen LogP contribution in [0.25, 0.3) is 16.8 Å². The Kier molecular flexibility index (Phi) is 4.85. The van der Waals surface area contributed by atoms with Crippen LogP contribution in [0.4, 0.5) is 0 Å². The first kappa shape index (κ1) is 18.9. The highest BCUT2D eigenvalue weighted by Crippen LogP contribution is 2.35. The van der Waals surface area contributed by atoms with E-state index in [0.717, 1.165) is 5.56 Å². The molecule has 1 aromatic carbocycles. The molecule has 152 valence electrons. The zero-order valence-corrected chi connectivity index (χ0v) is 16.7. The van der Waals surface area contributed by atoms with Gasteiger partial charge in [0, 0.05) is 29.2 Å². The third-order valence-corrected chi connectivity index (χ3v) is 4.76. The number of halogens is 1. The van der Waals surface area contributed by atoms with Crippen molar-refractivity contribution in [3.63, 3.8) is 0 Å². The molecule has 0 fully saturated rings. The largest absolute Gasteiger partial charge is 0.451 e. The van der Waals surface area contributed by atoms with E-state index < -0.39 is 5.69 Å². The number of benzene rings is 1. The highest BCUT2D eigenvalue weighted by Gasteiger charge is 2.19. The van der Waals surface area contributed by atoms with E-state index in [-0.39, 0.29) is 12.2 Å². The molecular weight excluding hydrogens is 418 g/mol. The molecule has 5 rings (SSSR count). The fraction of sp³-hybridized carbons (Fsp3) is 0.0476. The molecule has 4 aromatic heterocycles. The molecule has 0 radical (unpaired) electrons. The van der Waals surface area contributed by atoms with Gasteiger partial charge in [-0.1, -0.05) is 23.7 Å². The van der Waals surface area contributed by atoms with Crippen LogP contribution in [0, 0.1) is 0 Å². The molecule has 0 bridgehead atoms. The lowest BCUT2D eigenvalue weighted by Crippen LogP contribution is -2.23. The van der Waals surface area contributed by atoms with Crippen LogP contribution in [-0.2, 0) is 6.54 Å². The number of fused-ring (bicyclic) bond motifs is 1. The molecule has 0 N–H and O–H groups in total. The molecule has 4 heterocycles. The fourth-order valence-corrected chi connectivity index (χ4v) is 3.19. The van der Waals surface area contributed by atoms with Crippen LogP contribution in [0.15, 0.2) is 78.4 Å². The van der Waals surface area contributed by atoms with E-state index in [1.165, 1.54) is 9.20 Å². The number of rotatable bonds is 5. The molecule has 9 nitrogen and oxygen atoms in total. The summed E-state index contributed by atoms with van der Waals surface area (Å²) < 4.78 is 8.59. The lowest BCUT2D eigenvalue weighted by Gasteiger charge is -2.11. The Labute approximate surface area is 180 Å². The van der Waals surface area contributed by atoms with E-state index in [9.17, 15) is 4.79 Å². The summed E-state index contributed by atoms with van der Waals surface area (Å²) in [6.07, 6.45) is 9.50. The Hall–Kier alpha value is -4.11. The molecule has 0 unspecified atom stereocenters. The summed E-state index contributed by atoms with van der Waals surface area (Å²) in [4.78, 5) is 25.2. The van der Waals surface area contributed by atoms with E-state index in [1.807, 2.05) is 12.1 Å². The van der Waals surface area contributed by atoms with Gasteiger partial charge < -0.3 is 4.74 Å². The highest BCUT2D eigenvalue weighted by molar-refractivity contribution is 6.30. The van der Waals surface area contributed by atoms with Crippen LogP contribution in [0.2, 0.25) is 5.02 Å². The average molecular weight is 432 g/mol. The predicted molar refractivity (Wildman–Crippen MR) is 113 cm³/mol. The summed E-state index contributed by atoms with van der Waals surface area (Å²) in [7, 11) is 0. The predicted octanol–water partition coefficient (Wildman–Crippen LogP) is 3.24. The van der Waals surface area contributed by atoms with E-state index >= 15 is 0 Å². The molecule has 10 heteroatoms. The zero-order chi connectivity index (χ0) is 21.2. The molecule has 0 aliphatic heterocycles. The second kappa shape index (κ2) is 7.96. The first-order valence-corrected chi connectivity index (χ1v) is 9.64. The standard InChI is InChI=1S/C21H14ClN7O2/c22-15-5-3-14(4-6-15)18-12-26-29-20(19(18)31-17-2-1-7-23-11-17)27-28(21(29)30)13-16-10-24-8-9-25-16/h1-12H,13H2. The van der Waals surface area contributed by atoms with Gasteiger partial charge in [0.1, 0.15) is 5.75 Å². The van der Waals surface area contributed by atoms with Crippen molar-refractivity contribution in [1.82, 2.24) is 34.3 Å². The van der Waals surface area contributed by atoms with Crippen LogP contribution < -0.4 is 10.4 Å². The lowest BCUT2D eigenvalue weighted by atomic mass is 10.1. The topological polar surface area (TPSA) is 100 Å². The smallest absolute Gasteiger partial charge is 0.367 e. The normalized spacial score (nSPS) is 11.0. The molecule has 0 aliphatic carbocycles. The summed E-state index contributed by atoms with van der Waals surface area (Å²) >= 11 is 6.04. The minimum absolute atomic E-state index is 0.151. The number of pyridine rings is 1. The SMILES string of the molecule is O=c1n(Cc2cnccn2)nc2c(Oc3cccnc3)c(-c3ccc(Cl)cc3)cnn12. The van der Waals surface area contributed by atoms with Gasteiger partial charge in [-0.2, -0.15) is 9.61 Å². The van der Waals surface area contributed by atoms with Gasteiger partial charge in [-0.05, 0) is 29.8 Å². The molecule has 0 aliphatic rings. The maximum Gasteiger partial charge on any atom is 0.367 e. The average Bonchev–Trinajstić information content (AvgIpc) is 3.12. The van der Waals surface area contributed by atoms with Gasteiger partial charge in [-0.25, -0.2) is 9.48 Å². The first-order valence-electron chi connectivity index (χ1n) is 9.26. The van der Waals surface area contributed by atoms with E-state index in [1.54, 1.807) is 61.4 Å². The Morgan fingerprint density at radius 3 is 2.55 bits per heavy atom. The van der Waals surface area contributed by atoms with Crippen LogP contribution in [0.1, 0.15) is 5.69 Å². The molecule has 0 saturated heterocycles. The second-order valence-electron chi connectivity index (χ2n) is 6.56. The summed E-state index contributed by atoms with van der Waals surface area (Å²) in [5.41, 5.74) is 1.92. The van der Waals surface area contributed by atoms with E-state index in [4.69, 9.17) is 16.3 Å². The zero-order valence-electron chi connectivity index (χ0n) is 16.0. The Morgan fingerprint density at radius 1 is 0.968 bits per heavy atom. The van der Waals surface area contributed by atoms with Crippen molar-refractivity contribution < 1.29 is 4.74 Å². The van der Waals surface area contributed by atoms with Gasteiger partial charge in [0.2, 0.25) is 5.65 Å². The number of ether oxygens (including phenoxy) is 1. The van der Waals surface area contributed by atoms with Crippen molar-refractivity contribution in [2.24, 2.45) is 0 Å². The molecule has 0 saturated carbocycles. The van der Waals surface area contributed by atoms with Gasteiger partial charge >= 0.3 is 5.69 Å². The lowest BCUT2D eigenvalue weighted by molar-refractivity contribution is 0.482. The van der Waals surface area contributed by atoms with E-state index in [2.05, 4.69) is 25.1 Å². The van der Waals surface area contributed by atoms with Gasteiger partial charge in [-0.3, -0.25) is 15.0 Å². The number of aromatic nitrogens is 7. The van der Waals surface area contributed by atoms with Gasteiger partial charge in [0.15, 0.2) is 5.75 Å². The Morgan fingerprint density at radius 2 is 1.81 bits per heavy atom.